The molecule has 0 bridgehead atoms. The lowest BCUT2D eigenvalue weighted by Crippen LogP contribution is -2.20. The minimum Gasteiger partial charge on any atom is -0.496 e. The van der Waals surface area contributed by atoms with Crippen molar-refractivity contribution in [3.63, 3.8) is 0 Å². The fourth-order valence-electron chi connectivity index (χ4n) is 1.81. The van der Waals surface area contributed by atoms with Crippen molar-refractivity contribution in [1.29, 1.82) is 0 Å². The van der Waals surface area contributed by atoms with Gasteiger partial charge in [0.2, 0.25) is 0 Å². The highest BCUT2D eigenvalue weighted by atomic mass is 16.5. The van der Waals surface area contributed by atoms with Crippen LogP contribution < -0.4 is 4.74 Å². The number of hydrogen-bond donors (Lipinski definition) is 1. The summed E-state index contributed by atoms with van der Waals surface area (Å²) in [6.07, 6.45) is 1.06. The summed E-state index contributed by atoms with van der Waals surface area (Å²) in [5.74, 6) is 0.744. The summed E-state index contributed by atoms with van der Waals surface area (Å²) in [6, 6.07) is 6.08. The average molecular weight is 236 g/mol. The van der Waals surface area contributed by atoms with Gasteiger partial charge in [0.05, 0.1) is 12.7 Å². The molecule has 2 nitrogen and oxygen atoms in total. The molecule has 0 spiro atoms. The number of methoxy groups -OCH3 is 1. The van der Waals surface area contributed by atoms with Crippen molar-refractivity contribution in [1.82, 2.24) is 0 Å². The molecular weight excluding hydrogens is 212 g/mol. The van der Waals surface area contributed by atoms with E-state index in [1.54, 1.807) is 21.0 Å². The van der Waals surface area contributed by atoms with Gasteiger partial charge in [-0.2, -0.15) is 0 Å². The third-order valence-electron chi connectivity index (χ3n) is 3.52. The van der Waals surface area contributed by atoms with Gasteiger partial charge in [0.25, 0.3) is 0 Å². The third kappa shape index (κ3) is 3.01. The standard InChI is InChI=1S/C15H24O2/c1-7-14(2,3)11-8-9-13(17-6)12(10-11)15(4,5)16/h8-10,16H,7H2,1-6H3. The van der Waals surface area contributed by atoms with E-state index in [1.165, 1.54) is 5.56 Å². The number of hydrogen-bond acceptors (Lipinski definition) is 2. The molecule has 0 saturated heterocycles. The lowest BCUT2D eigenvalue weighted by molar-refractivity contribution is 0.0754. The van der Waals surface area contributed by atoms with Crippen LogP contribution in [0.5, 0.6) is 5.75 Å². The molecule has 2 heteroatoms. The van der Waals surface area contributed by atoms with Gasteiger partial charge in [-0.15, -0.1) is 0 Å². The van der Waals surface area contributed by atoms with E-state index >= 15 is 0 Å². The van der Waals surface area contributed by atoms with E-state index in [2.05, 4.69) is 32.9 Å². The zero-order chi connectivity index (χ0) is 13.3. The molecule has 0 aliphatic heterocycles. The van der Waals surface area contributed by atoms with Crippen LogP contribution in [0, 0.1) is 0 Å². The van der Waals surface area contributed by atoms with Crippen molar-refractivity contribution in [3.05, 3.63) is 29.3 Å². The molecule has 1 rings (SSSR count). The molecule has 0 atom stereocenters. The maximum Gasteiger partial charge on any atom is 0.124 e. The Labute approximate surface area is 105 Å². The summed E-state index contributed by atoms with van der Waals surface area (Å²) >= 11 is 0. The van der Waals surface area contributed by atoms with Gasteiger partial charge >= 0.3 is 0 Å². The van der Waals surface area contributed by atoms with Crippen molar-refractivity contribution in [2.75, 3.05) is 7.11 Å². The van der Waals surface area contributed by atoms with Gasteiger partial charge in [0.15, 0.2) is 0 Å². The summed E-state index contributed by atoms with van der Waals surface area (Å²) < 4.78 is 5.31. The van der Waals surface area contributed by atoms with Crippen LogP contribution in [0.15, 0.2) is 18.2 Å². The Morgan fingerprint density at radius 1 is 1.18 bits per heavy atom. The lowest BCUT2D eigenvalue weighted by Gasteiger charge is -2.27. The van der Waals surface area contributed by atoms with E-state index in [9.17, 15) is 5.11 Å². The fourth-order valence-corrected chi connectivity index (χ4v) is 1.81. The number of aliphatic hydroxyl groups is 1. The summed E-state index contributed by atoms with van der Waals surface area (Å²) in [4.78, 5) is 0. The first-order valence-electron chi connectivity index (χ1n) is 6.13. The predicted molar refractivity (Wildman–Crippen MR) is 71.6 cm³/mol. The van der Waals surface area contributed by atoms with Crippen molar-refractivity contribution in [2.45, 2.75) is 52.1 Å². The normalized spacial score (nSPS) is 12.6. The van der Waals surface area contributed by atoms with Crippen LogP contribution in [0.1, 0.15) is 52.2 Å². The molecule has 0 saturated carbocycles. The Hall–Kier alpha value is -1.02. The van der Waals surface area contributed by atoms with Gasteiger partial charge < -0.3 is 9.84 Å². The first-order chi connectivity index (χ1) is 7.72. The van der Waals surface area contributed by atoms with Crippen LogP contribution in [0.2, 0.25) is 0 Å². The van der Waals surface area contributed by atoms with Crippen molar-refractivity contribution in [3.8, 4) is 5.75 Å². The van der Waals surface area contributed by atoms with Gasteiger partial charge in [-0.25, -0.2) is 0 Å². The Bertz CT molecular complexity index is 386. The van der Waals surface area contributed by atoms with Crippen LogP contribution in [0.4, 0.5) is 0 Å². The maximum absolute atomic E-state index is 10.2. The first kappa shape index (κ1) is 14.0. The van der Waals surface area contributed by atoms with Crippen LogP contribution >= 0.6 is 0 Å². The molecule has 17 heavy (non-hydrogen) atoms. The molecule has 0 fully saturated rings. The molecule has 0 aliphatic carbocycles. The van der Waals surface area contributed by atoms with Crippen LogP contribution in [0.3, 0.4) is 0 Å². The molecule has 0 aromatic heterocycles. The van der Waals surface area contributed by atoms with E-state index in [1.807, 2.05) is 6.07 Å². The van der Waals surface area contributed by atoms with Crippen LogP contribution in [0.25, 0.3) is 0 Å². The maximum atomic E-state index is 10.2. The Balaban J connectivity index is 3.33. The number of rotatable bonds is 4. The molecular formula is C15H24O2. The second-order valence-corrected chi connectivity index (χ2v) is 5.71. The zero-order valence-corrected chi connectivity index (χ0v) is 11.8. The van der Waals surface area contributed by atoms with Gasteiger partial charge in [-0.05, 0) is 43.4 Å². The molecule has 0 unspecified atom stereocenters. The molecule has 0 heterocycles. The third-order valence-corrected chi connectivity index (χ3v) is 3.52. The van der Waals surface area contributed by atoms with Gasteiger partial charge in [-0.1, -0.05) is 26.8 Å². The quantitative estimate of drug-likeness (QED) is 0.865. The van der Waals surface area contributed by atoms with Crippen LogP contribution in [-0.4, -0.2) is 12.2 Å². The number of benzene rings is 1. The highest BCUT2D eigenvalue weighted by Crippen LogP contribution is 2.35. The largest absolute Gasteiger partial charge is 0.496 e. The topological polar surface area (TPSA) is 29.5 Å². The smallest absolute Gasteiger partial charge is 0.124 e. The lowest BCUT2D eigenvalue weighted by atomic mass is 9.80. The van der Waals surface area contributed by atoms with E-state index in [-0.39, 0.29) is 5.41 Å². The Morgan fingerprint density at radius 3 is 2.18 bits per heavy atom. The first-order valence-corrected chi connectivity index (χ1v) is 6.13. The SMILES string of the molecule is CCC(C)(C)c1ccc(OC)c(C(C)(C)O)c1. The minimum absolute atomic E-state index is 0.117. The molecule has 96 valence electrons. The summed E-state index contributed by atoms with van der Waals surface area (Å²) in [5, 5.41) is 10.2. The van der Waals surface area contributed by atoms with E-state index in [4.69, 9.17) is 4.74 Å². The van der Waals surface area contributed by atoms with Crippen LogP contribution in [-0.2, 0) is 11.0 Å². The van der Waals surface area contributed by atoms with Crippen molar-refractivity contribution < 1.29 is 9.84 Å². The van der Waals surface area contributed by atoms with Crippen molar-refractivity contribution in [2.24, 2.45) is 0 Å². The van der Waals surface area contributed by atoms with Gasteiger partial charge in [-0.3, -0.25) is 0 Å². The minimum atomic E-state index is -0.884. The summed E-state index contributed by atoms with van der Waals surface area (Å²) in [5.41, 5.74) is 1.31. The second kappa shape index (κ2) is 4.69. The molecule has 0 radical (unpaired) electrons. The molecule has 1 aromatic carbocycles. The Kier molecular flexibility index (Phi) is 3.88. The summed E-state index contributed by atoms with van der Waals surface area (Å²) in [7, 11) is 1.63. The number of ether oxygens (including phenoxy) is 1. The molecule has 1 N–H and O–H groups in total. The predicted octanol–water partition coefficient (Wildman–Crippen LogP) is 3.61. The zero-order valence-electron chi connectivity index (χ0n) is 11.8. The van der Waals surface area contributed by atoms with Gasteiger partial charge in [0.1, 0.15) is 5.75 Å². The fraction of sp³-hybridized carbons (Fsp3) is 0.600. The second-order valence-electron chi connectivity index (χ2n) is 5.71. The van der Waals surface area contributed by atoms with Gasteiger partial charge in [0, 0.05) is 5.56 Å². The molecule has 1 aromatic rings. The highest BCUT2D eigenvalue weighted by molar-refractivity contribution is 5.42. The monoisotopic (exact) mass is 236 g/mol. The molecule has 0 aliphatic rings. The average Bonchev–Trinajstić information content (AvgIpc) is 2.27. The molecule has 0 amide bonds. The van der Waals surface area contributed by atoms with E-state index < -0.39 is 5.60 Å². The van der Waals surface area contributed by atoms with Crippen molar-refractivity contribution >= 4 is 0 Å². The Morgan fingerprint density at radius 2 is 1.76 bits per heavy atom. The van der Waals surface area contributed by atoms with E-state index in [0.29, 0.717) is 0 Å². The highest BCUT2D eigenvalue weighted by Gasteiger charge is 2.25. The summed E-state index contributed by atoms with van der Waals surface area (Å²) in [6.45, 7) is 10.2. The van der Waals surface area contributed by atoms with E-state index in [0.717, 1.165) is 17.7 Å².